The summed E-state index contributed by atoms with van der Waals surface area (Å²) in [5.41, 5.74) is 1.30. The molecule has 0 spiro atoms. The molecule has 6 nitrogen and oxygen atoms in total. The highest BCUT2D eigenvalue weighted by Crippen LogP contribution is 2.17. The first-order valence-corrected chi connectivity index (χ1v) is 8.58. The molecule has 1 N–H and O–H groups in total. The normalized spacial score (nSPS) is 18.3. The van der Waals surface area contributed by atoms with Gasteiger partial charge >= 0.3 is 0 Å². The second kappa shape index (κ2) is 8.06. The van der Waals surface area contributed by atoms with Crippen LogP contribution in [0.5, 0.6) is 0 Å². The SMILES string of the molecule is CN(C)c1cc(NC2CCCN(CCc3cccnc3)C2)ncn1. The quantitative estimate of drug-likeness (QED) is 0.877. The third-order valence-corrected chi connectivity index (χ3v) is 4.41. The number of anilines is 2. The lowest BCUT2D eigenvalue weighted by Gasteiger charge is -2.33. The van der Waals surface area contributed by atoms with Crippen LogP contribution in [0.4, 0.5) is 11.6 Å². The van der Waals surface area contributed by atoms with Gasteiger partial charge < -0.3 is 15.1 Å². The van der Waals surface area contributed by atoms with Gasteiger partial charge in [0.15, 0.2) is 0 Å². The molecule has 1 aliphatic rings. The monoisotopic (exact) mass is 326 g/mol. The first-order valence-electron chi connectivity index (χ1n) is 8.58. The van der Waals surface area contributed by atoms with E-state index in [0.29, 0.717) is 6.04 Å². The number of hydrogen-bond acceptors (Lipinski definition) is 6. The molecule has 2 aromatic rings. The van der Waals surface area contributed by atoms with Crippen molar-refractivity contribution in [3.63, 3.8) is 0 Å². The molecule has 0 aromatic carbocycles. The van der Waals surface area contributed by atoms with Crippen LogP contribution in [0.2, 0.25) is 0 Å². The van der Waals surface area contributed by atoms with Crippen molar-refractivity contribution in [2.24, 2.45) is 0 Å². The Kier molecular flexibility index (Phi) is 5.59. The fraction of sp³-hybridized carbons (Fsp3) is 0.500. The average molecular weight is 326 g/mol. The summed E-state index contributed by atoms with van der Waals surface area (Å²) in [6.07, 6.45) is 8.87. The minimum atomic E-state index is 0.442. The Morgan fingerprint density at radius 3 is 3.04 bits per heavy atom. The Balaban J connectivity index is 1.53. The summed E-state index contributed by atoms with van der Waals surface area (Å²) >= 11 is 0. The Morgan fingerprint density at radius 2 is 2.25 bits per heavy atom. The van der Waals surface area contributed by atoms with E-state index in [0.717, 1.165) is 31.1 Å². The van der Waals surface area contributed by atoms with E-state index in [2.05, 4.69) is 31.2 Å². The summed E-state index contributed by atoms with van der Waals surface area (Å²) in [6, 6.07) is 6.61. The number of nitrogens with one attached hydrogen (secondary N) is 1. The van der Waals surface area contributed by atoms with Crippen molar-refractivity contribution in [2.45, 2.75) is 25.3 Å². The van der Waals surface area contributed by atoms with Crippen molar-refractivity contribution in [1.82, 2.24) is 19.9 Å². The summed E-state index contributed by atoms with van der Waals surface area (Å²) in [5.74, 6) is 1.84. The summed E-state index contributed by atoms with van der Waals surface area (Å²) in [7, 11) is 3.99. The smallest absolute Gasteiger partial charge is 0.133 e. The van der Waals surface area contributed by atoms with E-state index in [1.54, 1.807) is 6.33 Å². The molecule has 0 bridgehead atoms. The molecule has 1 aliphatic heterocycles. The number of likely N-dealkylation sites (tertiary alicyclic amines) is 1. The van der Waals surface area contributed by atoms with E-state index < -0.39 is 0 Å². The van der Waals surface area contributed by atoms with Gasteiger partial charge in [-0.3, -0.25) is 4.98 Å². The van der Waals surface area contributed by atoms with Crippen LogP contribution in [0.3, 0.4) is 0 Å². The molecule has 1 unspecified atom stereocenters. The van der Waals surface area contributed by atoms with E-state index >= 15 is 0 Å². The third kappa shape index (κ3) is 4.64. The maximum Gasteiger partial charge on any atom is 0.133 e. The third-order valence-electron chi connectivity index (χ3n) is 4.41. The first kappa shape index (κ1) is 16.6. The molecule has 128 valence electrons. The van der Waals surface area contributed by atoms with Crippen LogP contribution in [0.1, 0.15) is 18.4 Å². The average Bonchev–Trinajstić information content (AvgIpc) is 2.61. The van der Waals surface area contributed by atoms with Crippen LogP contribution in [0, 0.1) is 0 Å². The lowest BCUT2D eigenvalue weighted by molar-refractivity contribution is 0.218. The summed E-state index contributed by atoms with van der Waals surface area (Å²) in [6.45, 7) is 3.31. The molecule has 2 aromatic heterocycles. The van der Waals surface area contributed by atoms with Crippen molar-refractivity contribution in [3.8, 4) is 0 Å². The van der Waals surface area contributed by atoms with Crippen molar-refractivity contribution in [3.05, 3.63) is 42.5 Å². The number of aromatic nitrogens is 3. The van der Waals surface area contributed by atoms with E-state index in [-0.39, 0.29) is 0 Å². The molecule has 1 saturated heterocycles. The minimum Gasteiger partial charge on any atom is -0.366 e. The maximum absolute atomic E-state index is 4.36. The molecule has 0 saturated carbocycles. The first-order chi connectivity index (χ1) is 11.7. The topological polar surface area (TPSA) is 57.2 Å². The number of hydrogen-bond donors (Lipinski definition) is 1. The number of pyridine rings is 1. The Bertz CT molecular complexity index is 630. The molecule has 6 heteroatoms. The van der Waals surface area contributed by atoms with Crippen molar-refractivity contribution in [1.29, 1.82) is 0 Å². The van der Waals surface area contributed by atoms with Crippen LogP contribution >= 0.6 is 0 Å². The highest BCUT2D eigenvalue weighted by atomic mass is 15.2. The number of piperidine rings is 1. The van der Waals surface area contributed by atoms with E-state index in [9.17, 15) is 0 Å². The number of nitrogens with zero attached hydrogens (tertiary/aromatic N) is 5. The van der Waals surface area contributed by atoms with Crippen LogP contribution in [0.25, 0.3) is 0 Å². The van der Waals surface area contributed by atoms with Gasteiger partial charge in [0.05, 0.1) is 0 Å². The van der Waals surface area contributed by atoms with E-state index in [1.165, 1.54) is 24.9 Å². The molecule has 0 aliphatic carbocycles. The van der Waals surface area contributed by atoms with Crippen molar-refractivity contribution < 1.29 is 0 Å². The Hall–Kier alpha value is -2.21. The Morgan fingerprint density at radius 1 is 1.33 bits per heavy atom. The molecule has 3 rings (SSSR count). The highest BCUT2D eigenvalue weighted by Gasteiger charge is 2.20. The highest BCUT2D eigenvalue weighted by molar-refractivity contribution is 5.47. The predicted molar refractivity (Wildman–Crippen MR) is 97.4 cm³/mol. The van der Waals surface area contributed by atoms with Gasteiger partial charge in [-0.05, 0) is 37.4 Å². The van der Waals surface area contributed by atoms with Gasteiger partial charge in [0.2, 0.25) is 0 Å². The lowest BCUT2D eigenvalue weighted by Crippen LogP contribution is -2.43. The van der Waals surface area contributed by atoms with Gasteiger partial charge in [-0.15, -0.1) is 0 Å². The number of rotatable bonds is 6. The largest absolute Gasteiger partial charge is 0.366 e. The second-order valence-corrected chi connectivity index (χ2v) is 6.55. The lowest BCUT2D eigenvalue weighted by atomic mass is 10.0. The summed E-state index contributed by atoms with van der Waals surface area (Å²) < 4.78 is 0. The molecule has 0 radical (unpaired) electrons. The zero-order valence-electron chi connectivity index (χ0n) is 14.5. The molecule has 0 amide bonds. The zero-order valence-corrected chi connectivity index (χ0v) is 14.5. The fourth-order valence-corrected chi connectivity index (χ4v) is 3.09. The van der Waals surface area contributed by atoms with Crippen LogP contribution in [-0.2, 0) is 6.42 Å². The van der Waals surface area contributed by atoms with E-state index in [1.807, 2.05) is 43.5 Å². The second-order valence-electron chi connectivity index (χ2n) is 6.55. The molecule has 24 heavy (non-hydrogen) atoms. The summed E-state index contributed by atoms with van der Waals surface area (Å²) in [4.78, 5) is 17.3. The van der Waals surface area contributed by atoms with Crippen molar-refractivity contribution in [2.75, 3.05) is 43.9 Å². The molecule has 1 atom stereocenters. The maximum atomic E-state index is 4.36. The minimum absolute atomic E-state index is 0.442. The predicted octanol–water partition coefficient (Wildman–Crippen LogP) is 2.06. The van der Waals surface area contributed by atoms with Gasteiger partial charge in [-0.25, -0.2) is 9.97 Å². The summed E-state index contributed by atoms with van der Waals surface area (Å²) in [5, 5.41) is 3.57. The fourth-order valence-electron chi connectivity index (χ4n) is 3.09. The Labute approximate surface area is 143 Å². The molecular formula is C18H26N6. The zero-order chi connectivity index (χ0) is 16.8. The molecular weight excluding hydrogens is 300 g/mol. The van der Waals surface area contributed by atoms with Crippen molar-refractivity contribution >= 4 is 11.6 Å². The van der Waals surface area contributed by atoms with Gasteiger partial charge in [0, 0.05) is 51.7 Å². The van der Waals surface area contributed by atoms with Gasteiger partial charge in [0.1, 0.15) is 18.0 Å². The van der Waals surface area contributed by atoms with Gasteiger partial charge in [-0.2, -0.15) is 0 Å². The van der Waals surface area contributed by atoms with Crippen LogP contribution in [-0.4, -0.2) is 59.6 Å². The van der Waals surface area contributed by atoms with Crippen LogP contribution in [0.15, 0.2) is 36.9 Å². The van der Waals surface area contributed by atoms with Gasteiger partial charge in [0.25, 0.3) is 0 Å². The molecule has 1 fully saturated rings. The van der Waals surface area contributed by atoms with Crippen LogP contribution < -0.4 is 10.2 Å². The standard InChI is InChI=1S/C18H26N6/c1-23(2)18-11-17(20-14-21-18)22-16-6-4-9-24(13-16)10-7-15-5-3-8-19-12-15/h3,5,8,11-12,14,16H,4,6-7,9-10,13H2,1-2H3,(H,20,21,22). The van der Waals surface area contributed by atoms with E-state index in [4.69, 9.17) is 0 Å². The molecule has 3 heterocycles. The van der Waals surface area contributed by atoms with Gasteiger partial charge in [-0.1, -0.05) is 6.07 Å².